The zero-order chi connectivity index (χ0) is 10.8. The van der Waals surface area contributed by atoms with E-state index in [1.165, 1.54) is 0 Å². The molecule has 0 aliphatic carbocycles. The lowest BCUT2D eigenvalue weighted by atomic mass is 10.1. The first kappa shape index (κ1) is 13.1. The van der Waals surface area contributed by atoms with Crippen molar-refractivity contribution in [3.63, 3.8) is 0 Å². The van der Waals surface area contributed by atoms with Crippen LogP contribution in [0.5, 0.6) is 0 Å². The SMILES string of the molecule is Cc1[nH]ccc1C(=O)N1CCNCC1C.Cl. The standard InChI is InChI=1S/C11H17N3O.ClH/c1-8-7-12-5-6-14(8)11(15)10-3-4-13-9(10)2;/h3-4,8,12-13H,5-7H2,1-2H3;1H. The topological polar surface area (TPSA) is 48.1 Å². The molecule has 0 saturated carbocycles. The monoisotopic (exact) mass is 243 g/mol. The average molecular weight is 244 g/mol. The van der Waals surface area contributed by atoms with Crippen LogP contribution in [0.3, 0.4) is 0 Å². The first-order chi connectivity index (χ1) is 7.20. The van der Waals surface area contributed by atoms with Crippen molar-refractivity contribution in [2.45, 2.75) is 19.9 Å². The van der Waals surface area contributed by atoms with Crippen LogP contribution in [0, 0.1) is 6.92 Å². The van der Waals surface area contributed by atoms with Crippen LogP contribution in [0.25, 0.3) is 0 Å². The second kappa shape index (κ2) is 5.37. The summed E-state index contributed by atoms with van der Waals surface area (Å²) in [5, 5.41) is 3.28. The first-order valence-corrected chi connectivity index (χ1v) is 5.36. The van der Waals surface area contributed by atoms with Gasteiger partial charge in [0.05, 0.1) is 5.56 Å². The van der Waals surface area contributed by atoms with E-state index in [4.69, 9.17) is 0 Å². The Hall–Kier alpha value is -1.00. The molecule has 1 unspecified atom stereocenters. The molecule has 2 N–H and O–H groups in total. The van der Waals surface area contributed by atoms with E-state index >= 15 is 0 Å². The van der Waals surface area contributed by atoms with Gasteiger partial charge >= 0.3 is 0 Å². The molecule has 90 valence electrons. The van der Waals surface area contributed by atoms with Crippen molar-refractivity contribution < 1.29 is 4.79 Å². The van der Waals surface area contributed by atoms with Gasteiger partial charge < -0.3 is 15.2 Å². The minimum atomic E-state index is 0. The lowest BCUT2D eigenvalue weighted by Gasteiger charge is -2.34. The van der Waals surface area contributed by atoms with Gasteiger partial charge in [-0.05, 0) is 19.9 Å². The van der Waals surface area contributed by atoms with Gasteiger partial charge in [-0.15, -0.1) is 12.4 Å². The van der Waals surface area contributed by atoms with Crippen LogP contribution in [0.4, 0.5) is 0 Å². The fourth-order valence-electron chi connectivity index (χ4n) is 1.98. The number of aryl methyl sites for hydroxylation is 1. The van der Waals surface area contributed by atoms with Gasteiger partial charge in [-0.25, -0.2) is 0 Å². The van der Waals surface area contributed by atoms with E-state index in [1.807, 2.05) is 24.1 Å². The predicted molar refractivity (Wildman–Crippen MR) is 66.1 cm³/mol. The number of halogens is 1. The second-order valence-corrected chi connectivity index (χ2v) is 4.07. The molecule has 2 rings (SSSR count). The van der Waals surface area contributed by atoms with Crippen LogP contribution in [0.15, 0.2) is 12.3 Å². The number of H-pyrrole nitrogens is 1. The highest BCUT2D eigenvalue weighted by atomic mass is 35.5. The smallest absolute Gasteiger partial charge is 0.255 e. The number of nitrogens with zero attached hydrogens (tertiary/aromatic N) is 1. The van der Waals surface area contributed by atoms with Crippen molar-refractivity contribution >= 4 is 18.3 Å². The minimum Gasteiger partial charge on any atom is -0.365 e. The molecule has 16 heavy (non-hydrogen) atoms. The summed E-state index contributed by atoms with van der Waals surface area (Å²) in [5.74, 6) is 0.141. The van der Waals surface area contributed by atoms with E-state index in [1.54, 1.807) is 0 Å². The number of amides is 1. The molecule has 1 saturated heterocycles. The Labute approximate surface area is 102 Å². The summed E-state index contributed by atoms with van der Waals surface area (Å²) in [6, 6.07) is 2.13. The molecule has 0 bridgehead atoms. The number of hydrogen-bond donors (Lipinski definition) is 2. The average Bonchev–Trinajstić information content (AvgIpc) is 2.64. The van der Waals surface area contributed by atoms with E-state index in [-0.39, 0.29) is 24.4 Å². The Morgan fingerprint density at radius 1 is 1.56 bits per heavy atom. The van der Waals surface area contributed by atoms with Crippen molar-refractivity contribution in [3.8, 4) is 0 Å². The van der Waals surface area contributed by atoms with Gasteiger partial charge in [0, 0.05) is 37.6 Å². The summed E-state index contributed by atoms with van der Waals surface area (Å²) >= 11 is 0. The highest BCUT2D eigenvalue weighted by Gasteiger charge is 2.25. The van der Waals surface area contributed by atoms with E-state index in [0.29, 0.717) is 0 Å². The van der Waals surface area contributed by atoms with Crippen molar-refractivity contribution in [1.29, 1.82) is 0 Å². The number of carbonyl (C=O) groups excluding carboxylic acids is 1. The molecule has 2 heterocycles. The Bertz CT molecular complexity index is 364. The minimum absolute atomic E-state index is 0. The lowest BCUT2D eigenvalue weighted by molar-refractivity contribution is 0.0655. The first-order valence-electron chi connectivity index (χ1n) is 5.36. The summed E-state index contributed by atoms with van der Waals surface area (Å²) in [6.45, 7) is 6.57. The number of carbonyl (C=O) groups is 1. The van der Waals surface area contributed by atoms with Crippen LogP contribution in [-0.2, 0) is 0 Å². The summed E-state index contributed by atoms with van der Waals surface area (Å²) in [6.07, 6.45) is 1.81. The molecule has 1 fully saturated rings. The van der Waals surface area contributed by atoms with Crippen molar-refractivity contribution in [1.82, 2.24) is 15.2 Å². The maximum atomic E-state index is 12.2. The molecular formula is C11H18ClN3O. The number of aromatic amines is 1. The molecule has 1 aliphatic rings. The van der Waals surface area contributed by atoms with Crippen LogP contribution in [-0.4, -0.2) is 41.5 Å². The molecular weight excluding hydrogens is 226 g/mol. The van der Waals surface area contributed by atoms with Crippen molar-refractivity contribution in [2.24, 2.45) is 0 Å². The fourth-order valence-corrected chi connectivity index (χ4v) is 1.98. The number of nitrogens with one attached hydrogen (secondary N) is 2. The molecule has 1 aromatic heterocycles. The Kier molecular flexibility index (Phi) is 4.38. The molecule has 1 aliphatic heterocycles. The number of rotatable bonds is 1. The van der Waals surface area contributed by atoms with Gasteiger partial charge in [0.1, 0.15) is 0 Å². The normalized spacial score (nSPS) is 20.4. The Morgan fingerprint density at radius 2 is 2.31 bits per heavy atom. The predicted octanol–water partition coefficient (Wildman–Crippen LogP) is 1.18. The Morgan fingerprint density at radius 3 is 2.88 bits per heavy atom. The molecule has 0 radical (unpaired) electrons. The van der Waals surface area contributed by atoms with E-state index < -0.39 is 0 Å². The summed E-state index contributed by atoms with van der Waals surface area (Å²) in [7, 11) is 0. The van der Waals surface area contributed by atoms with Gasteiger partial charge in [0.25, 0.3) is 5.91 Å². The Balaban J connectivity index is 0.00000128. The van der Waals surface area contributed by atoms with Crippen LogP contribution in [0.1, 0.15) is 23.0 Å². The van der Waals surface area contributed by atoms with Crippen LogP contribution in [0.2, 0.25) is 0 Å². The highest BCUT2D eigenvalue weighted by molar-refractivity contribution is 5.95. The third-order valence-corrected chi connectivity index (χ3v) is 2.95. The number of piperazine rings is 1. The molecule has 1 atom stereocenters. The largest absolute Gasteiger partial charge is 0.365 e. The van der Waals surface area contributed by atoms with Gasteiger partial charge in [0.2, 0.25) is 0 Å². The zero-order valence-electron chi connectivity index (χ0n) is 9.62. The maximum absolute atomic E-state index is 12.2. The molecule has 1 amide bonds. The third kappa shape index (κ3) is 2.39. The highest BCUT2D eigenvalue weighted by Crippen LogP contribution is 2.12. The number of hydrogen-bond acceptors (Lipinski definition) is 2. The number of aromatic nitrogens is 1. The quantitative estimate of drug-likeness (QED) is 0.778. The molecule has 0 spiro atoms. The van der Waals surface area contributed by atoms with Crippen LogP contribution < -0.4 is 5.32 Å². The fraction of sp³-hybridized carbons (Fsp3) is 0.545. The maximum Gasteiger partial charge on any atom is 0.255 e. The lowest BCUT2D eigenvalue weighted by Crippen LogP contribution is -2.52. The summed E-state index contributed by atoms with van der Waals surface area (Å²) < 4.78 is 0. The van der Waals surface area contributed by atoms with Gasteiger partial charge in [-0.1, -0.05) is 0 Å². The summed E-state index contributed by atoms with van der Waals surface area (Å²) in [4.78, 5) is 17.1. The van der Waals surface area contributed by atoms with E-state index in [2.05, 4.69) is 17.2 Å². The van der Waals surface area contributed by atoms with Crippen LogP contribution >= 0.6 is 12.4 Å². The molecule has 5 heteroatoms. The summed E-state index contributed by atoms with van der Waals surface area (Å²) in [5.41, 5.74) is 1.74. The van der Waals surface area contributed by atoms with Crippen molar-refractivity contribution in [2.75, 3.05) is 19.6 Å². The van der Waals surface area contributed by atoms with Crippen molar-refractivity contribution in [3.05, 3.63) is 23.5 Å². The van der Waals surface area contributed by atoms with Gasteiger partial charge in [0.15, 0.2) is 0 Å². The van der Waals surface area contributed by atoms with E-state index in [9.17, 15) is 4.79 Å². The molecule has 0 aromatic carbocycles. The van der Waals surface area contributed by atoms with Gasteiger partial charge in [-0.3, -0.25) is 4.79 Å². The van der Waals surface area contributed by atoms with E-state index in [0.717, 1.165) is 30.9 Å². The second-order valence-electron chi connectivity index (χ2n) is 4.07. The third-order valence-electron chi connectivity index (χ3n) is 2.95. The zero-order valence-corrected chi connectivity index (χ0v) is 10.4. The molecule has 1 aromatic rings. The van der Waals surface area contributed by atoms with Gasteiger partial charge in [-0.2, -0.15) is 0 Å². The molecule has 4 nitrogen and oxygen atoms in total.